The van der Waals surface area contributed by atoms with E-state index in [0.717, 1.165) is 42.2 Å². The Kier molecular flexibility index (Phi) is 6.65. The van der Waals surface area contributed by atoms with Crippen LogP contribution in [0.25, 0.3) is 11.3 Å². The van der Waals surface area contributed by atoms with Gasteiger partial charge in [0.2, 0.25) is 0 Å². The van der Waals surface area contributed by atoms with Crippen molar-refractivity contribution in [1.82, 2.24) is 15.1 Å². The van der Waals surface area contributed by atoms with Gasteiger partial charge in [0.25, 0.3) is 5.91 Å². The molecule has 180 valence electrons. The van der Waals surface area contributed by atoms with Crippen molar-refractivity contribution in [2.24, 2.45) is 0 Å². The molecule has 34 heavy (non-hydrogen) atoms. The first-order chi connectivity index (χ1) is 16.1. The molecule has 2 aromatic carbocycles. The molecule has 0 atom stereocenters. The Balaban J connectivity index is 1.59. The molecule has 2 heterocycles. The van der Waals surface area contributed by atoms with E-state index in [1.165, 1.54) is 6.07 Å². The molecule has 0 spiro atoms. The van der Waals surface area contributed by atoms with Crippen molar-refractivity contribution in [3.63, 3.8) is 0 Å². The molecule has 0 radical (unpaired) electrons. The van der Waals surface area contributed by atoms with Crippen LogP contribution < -0.4 is 10.2 Å². The van der Waals surface area contributed by atoms with Gasteiger partial charge in [0.05, 0.1) is 11.3 Å². The minimum Gasteiger partial charge on any atom is -0.369 e. The van der Waals surface area contributed by atoms with E-state index in [2.05, 4.69) is 34.3 Å². The van der Waals surface area contributed by atoms with E-state index < -0.39 is 17.6 Å². The number of hydrogen-bond acceptors (Lipinski definition) is 4. The van der Waals surface area contributed by atoms with Crippen molar-refractivity contribution < 1.29 is 18.0 Å². The fourth-order valence-electron chi connectivity index (χ4n) is 3.89. The van der Waals surface area contributed by atoms with Crippen LogP contribution in [0.1, 0.15) is 41.4 Å². The minimum atomic E-state index is -4.55. The Bertz CT molecular complexity index is 1160. The van der Waals surface area contributed by atoms with Gasteiger partial charge in [-0.1, -0.05) is 26.0 Å². The highest BCUT2D eigenvalue weighted by Gasteiger charge is 2.32. The number of H-pyrrole nitrogens is 1. The average molecular weight is 472 g/mol. The third-order valence-electron chi connectivity index (χ3n) is 6.01. The van der Waals surface area contributed by atoms with Crippen LogP contribution in [-0.2, 0) is 6.18 Å². The molecule has 6 nitrogen and oxygen atoms in total. The predicted molar refractivity (Wildman–Crippen MR) is 127 cm³/mol. The summed E-state index contributed by atoms with van der Waals surface area (Å²) in [7, 11) is 1.98. The Morgan fingerprint density at radius 3 is 2.44 bits per heavy atom. The molecule has 3 aromatic rings. The molecular weight excluding hydrogens is 443 g/mol. The molecule has 9 heteroatoms. The third-order valence-corrected chi connectivity index (χ3v) is 6.01. The highest BCUT2D eigenvalue weighted by molar-refractivity contribution is 6.05. The van der Waals surface area contributed by atoms with E-state index in [4.69, 9.17) is 0 Å². The van der Waals surface area contributed by atoms with Crippen LogP contribution in [0.15, 0.2) is 48.5 Å². The SMILES string of the molecule is CC(C)c1cc(-c2cccc(NC(=O)c3cc(N4CCN(C)CC4)cc(C(F)(F)F)c3)c2)n[nH]1. The van der Waals surface area contributed by atoms with Crippen molar-refractivity contribution in [3.8, 4) is 11.3 Å². The van der Waals surface area contributed by atoms with E-state index >= 15 is 0 Å². The van der Waals surface area contributed by atoms with Crippen LogP contribution in [0.4, 0.5) is 24.5 Å². The van der Waals surface area contributed by atoms with E-state index in [1.54, 1.807) is 18.2 Å². The van der Waals surface area contributed by atoms with Gasteiger partial charge in [0, 0.05) is 54.4 Å². The maximum atomic E-state index is 13.6. The zero-order valence-corrected chi connectivity index (χ0v) is 19.4. The summed E-state index contributed by atoms with van der Waals surface area (Å²) >= 11 is 0. The van der Waals surface area contributed by atoms with Crippen molar-refractivity contribution in [2.75, 3.05) is 43.4 Å². The fraction of sp³-hybridized carbons (Fsp3) is 0.360. The highest BCUT2D eigenvalue weighted by Crippen LogP contribution is 2.34. The number of hydrogen-bond donors (Lipinski definition) is 2. The number of rotatable bonds is 5. The predicted octanol–water partition coefficient (Wildman–Crippen LogP) is 5.22. The minimum absolute atomic E-state index is 0.0315. The highest BCUT2D eigenvalue weighted by atomic mass is 19.4. The molecule has 0 unspecified atom stereocenters. The maximum Gasteiger partial charge on any atom is 0.416 e. The number of alkyl halides is 3. The number of carbonyl (C=O) groups is 1. The normalized spacial score (nSPS) is 15.1. The molecule has 1 aromatic heterocycles. The molecule has 1 aliphatic rings. The number of amides is 1. The Morgan fingerprint density at radius 2 is 1.79 bits per heavy atom. The molecule has 1 fully saturated rings. The van der Waals surface area contributed by atoms with Gasteiger partial charge >= 0.3 is 6.18 Å². The van der Waals surface area contributed by atoms with Crippen LogP contribution in [0.5, 0.6) is 0 Å². The Hall–Kier alpha value is -3.33. The number of nitrogens with zero attached hydrogens (tertiary/aromatic N) is 3. The van der Waals surface area contributed by atoms with Crippen LogP contribution in [0.3, 0.4) is 0 Å². The first-order valence-corrected chi connectivity index (χ1v) is 11.2. The summed E-state index contributed by atoms with van der Waals surface area (Å²) in [6, 6.07) is 12.6. The smallest absolute Gasteiger partial charge is 0.369 e. The topological polar surface area (TPSA) is 64.3 Å². The molecule has 1 aliphatic heterocycles. The van der Waals surface area contributed by atoms with Crippen LogP contribution in [-0.4, -0.2) is 54.2 Å². The number of piperazine rings is 1. The molecule has 1 saturated heterocycles. The first-order valence-electron chi connectivity index (χ1n) is 11.2. The van der Waals surface area contributed by atoms with Crippen molar-refractivity contribution >= 4 is 17.3 Å². The number of likely N-dealkylation sites (N-methyl/N-ethyl adjacent to an activating group) is 1. The lowest BCUT2D eigenvalue weighted by molar-refractivity contribution is -0.137. The summed E-state index contributed by atoms with van der Waals surface area (Å²) in [5.74, 6) is -0.303. The standard InChI is InChI=1S/C25H28F3N5O/c1-16(2)22-15-23(31-30-22)17-5-4-6-20(12-17)29-24(34)18-11-19(25(26,27)28)14-21(13-18)33-9-7-32(3)8-10-33/h4-6,11-16H,7-10H2,1-3H3,(H,29,34)(H,30,31). The van der Waals surface area contributed by atoms with Gasteiger partial charge in [-0.3, -0.25) is 9.89 Å². The van der Waals surface area contributed by atoms with Crippen molar-refractivity contribution in [3.05, 3.63) is 65.4 Å². The molecule has 2 N–H and O–H groups in total. The van der Waals surface area contributed by atoms with Crippen molar-refractivity contribution in [1.29, 1.82) is 0 Å². The van der Waals surface area contributed by atoms with Crippen LogP contribution in [0, 0.1) is 0 Å². The lowest BCUT2D eigenvalue weighted by atomic mass is 10.1. The summed E-state index contributed by atoms with van der Waals surface area (Å²) in [6.07, 6.45) is -4.55. The van der Waals surface area contributed by atoms with E-state index in [0.29, 0.717) is 30.4 Å². The van der Waals surface area contributed by atoms with Gasteiger partial charge in [-0.25, -0.2) is 0 Å². The summed E-state index contributed by atoms with van der Waals surface area (Å²) in [4.78, 5) is 17.0. The number of anilines is 2. The van der Waals surface area contributed by atoms with Crippen LogP contribution in [0.2, 0.25) is 0 Å². The summed E-state index contributed by atoms with van der Waals surface area (Å²) in [6.45, 7) is 6.80. The van der Waals surface area contributed by atoms with Gasteiger partial charge in [-0.15, -0.1) is 0 Å². The summed E-state index contributed by atoms with van der Waals surface area (Å²) < 4.78 is 40.8. The summed E-state index contributed by atoms with van der Waals surface area (Å²) in [5, 5.41) is 10.1. The van der Waals surface area contributed by atoms with Crippen LogP contribution >= 0.6 is 0 Å². The zero-order chi connectivity index (χ0) is 24.5. The number of benzene rings is 2. The lowest BCUT2D eigenvalue weighted by Gasteiger charge is -2.34. The van der Waals surface area contributed by atoms with E-state index in [1.807, 2.05) is 24.1 Å². The lowest BCUT2D eigenvalue weighted by Crippen LogP contribution is -2.44. The molecule has 0 aliphatic carbocycles. The van der Waals surface area contributed by atoms with E-state index in [9.17, 15) is 18.0 Å². The molecule has 0 bridgehead atoms. The summed E-state index contributed by atoms with van der Waals surface area (Å²) in [5.41, 5.74) is 2.54. The van der Waals surface area contributed by atoms with Crippen molar-refractivity contribution in [2.45, 2.75) is 25.9 Å². The Labute approximate surface area is 196 Å². The monoisotopic (exact) mass is 471 g/mol. The third kappa shape index (κ3) is 5.41. The van der Waals surface area contributed by atoms with Gasteiger partial charge in [0.1, 0.15) is 0 Å². The molecular formula is C25H28F3N5O. The van der Waals surface area contributed by atoms with Gasteiger partial charge in [-0.05, 0) is 49.4 Å². The second-order valence-corrected chi connectivity index (χ2v) is 8.95. The number of carbonyl (C=O) groups excluding carboxylic acids is 1. The Morgan fingerprint density at radius 1 is 1.06 bits per heavy atom. The molecule has 0 saturated carbocycles. The number of aromatic nitrogens is 2. The van der Waals surface area contributed by atoms with Gasteiger partial charge in [0.15, 0.2) is 0 Å². The van der Waals surface area contributed by atoms with E-state index in [-0.39, 0.29) is 5.56 Å². The molecule has 4 rings (SSSR count). The fourth-order valence-corrected chi connectivity index (χ4v) is 3.89. The zero-order valence-electron chi connectivity index (χ0n) is 19.4. The average Bonchev–Trinajstić information content (AvgIpc) is 3.30. The van der Waals surface area contributed by atoms with Gasteiger partial charge in [-0.2, -0.15) is 18.3 Å². The number of nitrogens with one attached hydrogen (secondary N) is 2. The first kappa shape index (κ1) is 23.8. The maximum absolute atomic E-state index is 13.6. The molecule has 1 amide bonds. The second kappa shape index (κ2) is 9.50. The second-order valence-electron chi connectivity index (χ2n) is 8.95. The number of halogens is 3. The van der Waals surface area contributed by atoms with Gasteiger partial charge < -0.3 is 15.1 Å². The quantitative estimate of drug-likeness (QED) is 0.535. The number of aromatic amines is 1. The largest absolute Gasteiger partial charge is 0.416 e.